The number of thiophene rings is 2. The van der Waals surface area contributed by atoms with Crippen molar-refractivity contribution in [3.05, 3.63) is 44.5 Å². The van der Waals surface area contributed by atoms with Crippen LogP contribution >= 0.6 is 34.4 Å². The van der Waals surface area contributed by atoms with Gasteiger partial charge in [-0.2, -0.15) is 0 Å². The van der Waals surface area contributed by atoms with Crippen LogP contribution in [0.25, 0.3) is 11.4 Å². The highest BCUT2D eigenvalue weighted by Gasteiger charge is 2.28. The number of esters is 1. The summed E-state index contributed by atoms with van der Waals surface area (Å²) in [7, 11) is 0. The number of nitrogens with zero attached hydrogens (tertiary/aromatic N) is 3. The van der Waals surface area contributed by atoms with E-state index < -0.39 is 0 Å². The van der Waals surface area contributed by atoms with E-state index in [2.05, 4.69) is 34.4 Å². The Morgan fingerprint density at radius 1 is 1.24 bits per heavy atom. The van der Waals surface area contributed by atoms with Gasteiger partial charge in [-0.1, -0.05) is 24.8 Å². The number of aromatic nitrogens is 3. The summed E-state index contributed by atoms with van der Waals surface area (Å²) in [4.78, 5) is 28.3. The Balaban J connectivity index is 1.32. The second-order valence-corrected chi connectivity index (χ2v) is 12.6. The minimum atomic E-state index is -0.353. The van der Waals surface area contributed by atoms with E-state index in [0.717, 1.165) is 55.5 Å². The van der Waals surface area contributed by atoms with Crippen LogP contribution in [0.3, 0.4) is 0 Å². The van der Waals surface area contributed by atoms with Gasteiger partial charge in [-0.15, -0.1) is 39.4 Å². The maximum atomic E-state index is 13.0. The number of rotatable bonds is 9. The molecule has 0 aliphatic heterocycles. The van der Waals surface area contributed by atoms with E-state index in [1.807, 2.05) is 22.0 Å². The summed E-state index contributed by atoms with van der Waals surface area (Å²) in [5, 5.41) is 15.4. The SMILES string of the molecule is C=CCn1c(SCC(=O)Nc2sc3c(c2C(=O)OCC)CCCC3)nnc1-c1csc2c1CCC(C)C2. The lowest BCUT2D eigenvalue weighted by Crippen LogP contribution is -2.17. The molecule has 3 aromatic heterocycles. The summed E-state index contributed by atoms with van der Waals surface area (Å²) >= 11 is 4.67. The second kappa shape index (κ2) is 11.5. The molecule has 2 aliphatic carbocycles. The Morgan fingerprint density at radius 3 is 2.89 bits per heavy atom. The number of hydrogen-bond donors (Lipinski definition) is 1. The molecule has 1 atom stereocenters. The number of allylic oxidation sites excluding steroid dienone is 1. The number of thioether (sulfide) groups is 1. The van der Waals surface area contributed by atoms with Gasteiger partial charge in [0.25, 0.3) is 0 Å². The van der Waals surface area contributed by atoms with E-state index in [-0.39, 0.29) is 17.6 Å². The minimum absolute atomic E-state index is 0.166. The number of amides is 1. The summed E-state index contributed by atoms with van der Waals surface area (Å²) in [6.07, 6.45) is 9.15. The highest BCUT2D eigenvalue weighted by molar-refractivity contribution is 7.99. The zero-order valence-corrected chi connectivity index (χ0v) is 23.8. The van der Waals surface area contributed by atoms with Gasteiger partial charge in [0.05, 0.1) is 17.9 Å². The Bertz CT molecular complexity index is 1320. The van der Waals surface area contributed by atoms with Gasteiger partial charge in [0.2, 0.25) is 5.91 Å². The van der Waals surface area contributed by atoms with Crippen molar-refractivity contribution in [3.8, 4) is 11.4 Å². The lowest BCUT2D eigenvalue weighted by molar-refractivity contribution is -0.113. The van der Waals surface area contributed by atoms with Gasteiger partial charge in [-0.25, -0.2) is 4.79 Å². The summed E-state index contributed by atoms with van der Waals surface area (Å²) in [6, 6.07) is 0. The molecule has 2 aliphatic rings. The average molecular weight is 557 g/mol. The Hall–Kier alpha value is -2.43. The van der Waals surface area contributed by atoms with Gasteiger partial charge < -0.3 is 10.1 Å². The molecule has 0 aromatic carbocycles. The molecule has 0 saturated heterocycles. The first-order valence-electron chi connectivity index (χ1n) is 12.9. The lowest BCUT2D eigenvalue weighted by atomic mass is 9.88. The molecule has 0 spiro atoms. The van der Waals surface area contributed by atoms with Crippen LogP contribution in [0.4, 0.5) is 5.00 Å². The molecular weight excluding hydrogens is 525 g/mol. The molecule has 0 saturated carbocycles. The number of hydrogen-bond acceptors (Lipinski definition) is 8. The molecular formula is C27H32N4O3S3. The molecule has 196 valence electrons. The molecule has 0 radical (unpaired) electrons. The fraction of sp³-hybridized carbons (Fsp3) is 0.481. The lowest BCUT2D eigenvalue weighted by Gasteiger charge is -2.19. The molecule has 7 nitrogen and oxygen atoms in total. The van der Waals surface area contributed by atoms with Gasteiger partial charge in [-0.3, -0.25) is 9.36 Å². The molecule has 3 aromatic rings. The first kappa shape index (κ1) is 26.2. The maximum absolute atomic E-state index is 13.0. The summed E-state index contributed by atoms with van der Waals surface area (Å²) in [6.45, 7) is 8.90. The van der Waals surface area contributed by atoms with Crippen LogP contribution in [0.1, 0.15) is 64.3 Å². The zero-order chi connectivity index (χ0) is 25.9. The van der Waals surface area contributed by atoms with E-state index in [1.54, 1.807) is 6.92 Å². The first-order valence-corrected chi connectivity index (χ1v) is 15.6. The summed E-state index contributed by atoms with van der Waals surface area (Å²) in [5.74, 6) is 1.19. The van der Waals surface area contributed by atoms with Crippen molar-refractivity contribution in [1.29, 1.82) is 0 Å². The molecule has 1 N–H and O–H groups in total. The highest BCUT2D eigenvalue weighted by atomic mass is 32.2. The monoisotopic (exact) mass is 556 g/mol. The number of aryl methyl sites for hydroxylation is 1. The van der Waals surface area contributed by atoms with Crippen molar-refractivity contribution in [2.24, 2.45) is 5.92 Å². The third kappa shape index (κ3) is 5.42. The van der Waals surface area contributed by atoms with Crippen molar-refractivity contribution < 1.29 is 14.3 Å². The third-order valence-corrected chi connectivity index (χ3v) is 10.1. The average Bonchev–Trinajstić information content (AvgIpc) is 3.57. The number of carbonyl (C=O) groups excluding carboxylic acids is 2. The Kier molecular flexibility index (Phi) is 8.16. The second-order valence-electron chi connectivity index (χ2n) is 9.58. The standard InChI is InChI=1S/C27H32N4O3S3/c1-4-12-31-24(19-14-35-21-13-16(3)10-11-17(19)21)29-30-27(31)36-15-22(32)28-25-23(26(33)34-5-2)18-8-6-7-9-20(18)37-25/h4,14,16H,1,5-13,15H2,2-3H3,(H,28,32). The molecule has 0 fully saturated rings. The Labute approximate surface area is 229 Å². The molecule has 1 unspecified atom stereocenters. The topological polar surface area (TPSA) is 86.1 Å². The van der Waals surface area contributed by atoms with Crippen LogP contribution in [0.2, 0.25) is 0 Å². The van der Waals surface area contributed by atoms with E-state index in [1.165, 1.54) is 44.8 Å². The van der Waals surface area contributed by atoms with Crippen molar-refractivity contribution in [2.45, 2.75) is 70.5 Å². The molecule has 3 heterocycles. The fourth-order valence-corrected chi connectivity index (χ4v) is 8.40. The van der Waals surface area contributed by atoms with Crippen molar-refractivity contribution in [3.63, 3.8) is 0 Å². The van der Waals surface area contributed by atoms with E-state index in [4.69, 9.17) is 4.74 Å². The first-order chi connectivity index (χ1) is 18.0. The van der Waals surface area contributed by atoms with Crippen LogP contribution in [-0.4, -0.2) is 39.0 Å². The van der Waals surface area contributed by atoms with Gasteiger partial charge in [-0.05, 0) is 68.9 Å². The largest absolute Gasteiger partial charge is 0.462 e. The molecule has 1 amide bonds. The van der Waals surface area contributed by atoms with Gasteiger partial charge in [0.15, 0.2) is 11.0 Å². The van der Waals surface area contributed by atoms with Crippen molar-refractivity contribution in [2.75, 3.05) is 17.7 Å². The number of anilines is 1. The predicted octanol–water partition coefficient (Wildman–Crippen LogP) is 6.17. The number of carbonyl (C=O) groups is 2. The van der Waals surface area contributed by atoms with Crippen molar-refractivity contribution in [1.82, 2.24) is 14.8 Å². The summed E-state index contributed by atoms with van der Waals surface area (Å²) < 4.78 is 7.35. The van der Waals surface area contributed by atoms with E-state index in [9.17, 15) is 9.59 Å². The number of ether oxygens (including phenoxy) is 1. The molecule has 0 bridgehead atoms. The predicted molar refractivity (Wildman–Crippen MR) is 151 cm³/mol. The van der Waals surface area contributed by atoms with Gasteiger partial charge in [0, 0.05) is 27.2 Å². The van der Waals surface area contributed by atoms with Gasteiger partial charge >= 0.3 is 5.97 Å². The quantitative estimate of drug-likeness (QED) is 0.193. The zero-order valence-electron chi connectivity index (χ0n) is 21.3. The fourth-order valence-electron chi connectivity index (χ4n) is 5.12. The molecule has 37 heavy (non-hydrogen) atoms. The van der Waals surface area contributed by atoms with Crippen molar-refractivity contribution >= 4 is 51.3 Å². The van der Waals surface area contributed by atoms with Crippen LogP contribution in [0.5, 0.6) is 0 Å². The smallest absolute Gasteiger partial charge is 0.341 e. The van der Waals surface area contributed by atoms with Crippen LogP contribution in [0.15, 0.2) is 23.2 Å². The summed E-state index contributed by atoms with van der Waals surface area (Å²) in [5.41, 5.74) is 4.12. The van der Waals surface area contributed by atoms with Crippen LogP contribution in [0, 0.1) is 5.92 Å². The van der Waals surface area contributed by atoms with Crippen LogP contribution in [-0.2, 0) is 41.8 Å². The van der Waals surface area contributed by atoms with E-state index >= 15 is 0 Å². The minimum Gasteiger partial charge on any atom is -0.462 e. The third-order valence-electron chi connectivity index (χ3n) is 6.91. The molecule has 10 heteroatoms. The van der Waals surface area contributed by atoms with E-state index in [0.29, 0.717) is 34.8 Å². The number of nitrogens with one attached hydrogen (secondary N) is 1. The maximum Gasteiger partial charge on any atom is 0.341 e. The van der Waals surface area contributed by atoms with Gasteiger partial charge in [0.1, 0.15) is 5.00 Å². The highest BCUT2D eigenvalue weighted by Crippen LogP contribution is 2.40. The normalized spacial score (nSPS) is 16.6. The van der Waals surface area contributed by atoms with Crippen LogP contribution < -0.4 is 5.32 Å². The molecule has 5 rings (SSSR count). The Morgan fingerprint density at radius 2 is 2.08 bits per heavy atom. The number of fused-ring (bicyclic) bond motifs is 2.